The van der Waals surface area contributed by atoms with Gasteiger partial charge in [-0.3, -0.25) is 9.78 Å². The van der Waals surface area contributed by atoms with Crippen LogP contribution in [0.15, 0.2) is 36.5 Å². The van der Waals surface area contributed by atoms with E-state index in [1.54, 1.807) is 18.2 Å². The van der Waals surface area contributed by atoms with Gasteiger partial charge < -0.3 is 10.4 Å². The summed E-state index contributed by atoms with van der Waals surface area (Å²) in [5.41, 5.74) is 0.663. The number of halogens is 2. The highest BCUT2D eigenvalue weighted by molar-refractivity contribution is 6.37. The van der Waals surface area contributed by atoms with Crippen molar-refractivity contribution in [2.45, 2.75) is 0 Å². The zero-order valence-corrected chi connectivity index (χ0v) is 10.5. The molecule has 0 bridgehead atoms. The summed E-state index contributed by atoms with van der Waals surface area (Å²) in [7, 11) is 0. The molecular weight excluding hydrogens is 275 g/mol. The Morgan fingerprint density at radius 1 is 1.22 bits per heavy atom. The second-order valence-electron chi connectivity index (χ2n) is 3.46. The third-order valence-corrected chi connectivity index (χ3v) is 2.75. The third-order valence-electron chi connectivity index (χ3n) is 2.17. The van der Waals surface area contributed by atoms with Crippen molar-refractivity contribution < 1.29 is 9.90 Å². The molecule has 0 radical (unpaired) electrons. The van der Waals surface area contributed by atoms with Crippen molar-refractivity contribution in [3.8, 4) is 5.75 Å². The van der Waals surface area contributed by atoms with E-state index in [9.17, 15) is 9.90 Å². The molecule has 1 aromatic carbocycles. The highest BCUT2D eigenvalue weighted by Crippen LogP contribution is 2.34. The number of nitrogens with zero attached hydrogens (tertiary/aromatic N) is 1. The zero-order chi connectivity index (χ0) is 13.1. The number of carbonyl (C=O) groups excluding carboxylic acids is 1. The van der Waals surface area contributed by atoms with E-state index in [1.165, 1.54) is 18.3 Å². The topological polar surface area (TPSA) is 62.2 Å². The maximum atomic E-state index is 11.8. The van der Waals surface area contributed by atoms with E-state index in [1.807, 2.05) is 0 Å². The van der Waals surface area contributed by atoms with E-state index in [0.717, 1.165) is 0 Å². The van der Waals surface area contributed by atoms with Gasteiger partial charge >= 0.3 is 0 Å². The van der Waals surface area contributed by atoms with Crippen LogP contribution in [-0.4, -0.2) is 16.0 Å². The van der Waals surface area contributed by atoms with Crippen LogP contribution in [0.3, 0.4) is 0 Å². The molecule has 4 nitrogen and oxygen atoms in total. The Morgan fingerprint density at radius 2 is 1.89 bits per heavy atom. The minimum atomic E-state index is -0.381. The molecule has 0 atom stereocenters. The lowest BCUT2D eigenvalue weighted by molar-refractivity contribution is 0.102. The quantitative estimate of drug-likeness (QED) is 0.831. The van der Waals surface area contributed by atoms with Crippen LogP contribution in [0.25, 0.3) is 0 Å². The maximum Gasteiger partial charge on any atom is 0.274 e. The first-order chi connectivity index (χ1) is 8.58. The Labute approximate surface area is 113 Å². The first-order valence-electron chi connectivity index (χ1n) is 4.98. The molecule has 0 unspecified atom stereocenters. The largest absolute Gasteiger partial charge is 0.505 e. The highest BCUT2D eigenvalue weighted by Gasteiger charge is 2.10. The number of hydrogen-bond acceptors (Lipinski definition) is 3. The fourth-order valence-electron chi connectivity index (χ4n) is 1.33. The van der Waals surface area contributed by atoms with Gasteiger partial charge in [0.1, 0.15) is 5.69 Å². The average Bonchev–Trinajstić information content (AvgIpc) is 2.37. The molecule has 1 amide bonds. The Hall–Kier alpha value is -1.78. The number of pyridine rings is 1. The van der Waals surface area contributed by atoms with Crippen LogP contribution in [0.4, 0.5) is 5.69 Å². The fourth-order valence-corrected chi connectivity index (χ4v) is 1.82. The van der Waals surface area contributed by atoms with Gasteiger partial charge in [-0.1, -0.05) is 29.3 Å². The lowest BCUT2D eigenvalue weighted by atomic mass is 10.2. The monoisotopic (exact) mass is 282 g/mol. The van der Waals surface area contributed by atoms with Crippen molar-refractivity contribution in [1.29, 1.82) is 0 Å². The van der Waals surface area contributed by atoms with Gasteiger partial charge in [-0.15, -0.1) is 0 Å². The predicted octanol–water partition coefficient (Wildman–Crippen LogP) is 3.35. The molecule has 92 valence electrons. The Morgan fingerprint density at radius 3 is 2.44 bits per heavy atom. The van der Waals surface area contributed by atoms with E-state index in [0.29, 0.717) is 5.69 Å². The van der Waals surface area contributed by atoms with Crippen LogP contribution in [0.5, 0.6) is 5.75 Å². The Bertz CT molecular complexity index is 565. The molecule has 0 spiro atoms. The SMILES string of the molecule is O=C(Nc1cc(Cl)c(O)c(Cl)c1)c1ccccn1. The molecule has 2 N–H and O–H groups in total. The van der Waals surface area contributed by atoms with E-state index in [-0.39, 0.29) is 27.4 Å². The fraction of sp³-hybridized carbons (Fsp3) is 0. The molecular formula is C12H8Cl2N2O2. The lowest BCUT2D eigenvalue weighted by Gasteiger charge is -2.07. The maximum absolute atomic E-state index is 11.8. The first-order valence-corrected chi connectivity index (χ1v) is 5.74. The number of phenols is 1. The number of rotatable bonds is 2. The van der Waals surface area contributed by atoms with E-state index < -0.39 is 0 Å². The summed E-state index contributed by atoms with van der Waals surface area (Å²) < 4.78 is 0. The van der Waals surface area contributed by atoms with Crippen molar-refractivity contribution in [2.75, 3.05) is 5.32 Å². The van der Waals surface area contributed by atoms with Crippen LogP contribution in [0, 0.1) is 0 Å². The van der Waals surface area contributed by atoms with Crippen LogP contribution in [-0.2, 0) is 0 Å². The molecule has 1 heterocycles. The van der Waals surface area contributed by atoms with Crippen molar-refractivity contribution in [2.24, 2.45) is 0 Å². The van der Waals surface area contributed by atoms with Gasteiger partial charge in [-0.05, 0) is 24.3 Å². The molecule has 0 aliphatic heterocycles. The van der Waals surface area contributed by atoms with Gasteiger partial charge in [0.05, 0.1) is 10.0 Å². The number of benzene rings is 1. The second kappa shape index (κ2) is 5.25. The summed E-state index contributed by atoms with van der Waals surface area (Å²) in [6.07, 6.45) is 1.52. The molecule has 0 saturated heterocycles. The van der Waals surface area contributed by atoms with Gasteiger partial charge in [0.15, 0.2) is 5.75 Å². The molecule has 2 rings (SSSR count). The zero-order valence-electron chi connectivity index (χ0n) is 9.02. The van der Waals surface area contributed by atoms with Crippen molar-refractivity contribution in [3.63, 3.8) is 0 Å². The summed E-state index contributed by atoms with van der Waals surface area (Å²) in [4.78, 5) is 15.7. The summed E-state index contributed by atoms with van der Waals surface area (Å²) in [6, 6.07) is 7.82. The standard InChI is InChI=1S/C12H8Cl2N2O2/c13-8-5-7(6-9(14)11(8)17)16-12(18)10-3-1-2-4-15-10/h1-6,17H,(H,16,18). The molecule has 6 heteroatoms. The van der Waals surface area contributed by atoms with Crippen LogP contribution < -0.4 is 5.32 Å². The van der Waals surface area contributed by atoms with Gasteiger partial charge in [0, 0.05) is 11.9 Å². The van der Waals surface area contributed by atoms with Gasteiger partial charge in [0.25, 0.3) is 5.91 Å². The third kappa shape index (κ3) is 2.72. The average molecular weight is 283 g/mol. The number of aromatic hydroxyl groups is 1. The van der Waals surface area contributed by atoms with Crippen molar-refractivity contribution >= 4 is 34.8 Å². The van der Waals surface area contributed by atoms with Gasteiger partial charge in [-0.25, -0.2) is 0 Å². The molecule has 0 fully saturated rings. The summed E-state index contributed by atoms with van der Waals surface area (Å²) >= 11 is 11.5. The van der Waals surface area contributed by atoms with E-state index in [2.05, 4.69) is 10.3 Å². The normalized spacial score (nSPS) is 10.1. The molecule has 0 aliphatic carbocycles. The van der Waals surface area contributed by atoms with E-state index in [4.69, 9.17) is 23.2 Å². The van der Waals surface area contributed by atoms with Crippen LogP contribution >= 0.6 is 23.2 Å². The second-order valence-corrected chi connectivity index (χ2v) is 4.27. The molecule has 0 saturated carbocycles. The van der Waals surface area contributed by atoms with Crippen LogP contribution in [0.2, 0.25) is 10.0 Å². The number of hydrogen-bond donors (Lipinski definition) is 2. The van der Waals surface area contributed by atoms with Gasteiger partial charge in [0.2, 0.25) is 0 Å². The molecule has 0 aliphatic rings. The summed E-state index contributed by atoms with van der Waals surface area (Å²) in [6.45, 7) is 0. The number of amides is 1. The summed E-state index contributed by atoms with van der Waals surface area (Å²) in [5, 5.41) is 12.1. The Balaban J connectivity index is 2.23. The molecule has 2 aromatic rings. The number of nitrogens with one attached hydrogen (secondary N) is 1. The van der Waals surface area contributed by atoms with Crippen molar-refractivity contribution in [3.05, 3.63) is 52.3 Å². The molecule has 18 heavy (non-hydrogen) atoms. The smallest absolute Gasteiger partial charge is 0.274 e. The minimum absolute atomic E-state index is 0.0684. The highest BCUT2D eigenvalue weighted by atomic mass is 35.5. The van der Waals surface area contributed by atoms with Crippen LogP contribution in [0.1, 0.15) is 10.5 Å². The number of anilines is 1. The number of aromatic nitrogens is 1. The Kier molecular flexibility index (Phi) is 3.69. The lowest BCUT2D eigenvalue weighted by Crippen LogP contribution is -2.13. The first kappa shape index (κ1) is 12.7. The number of phenolic OH excluding ortho intramolecular Hbond substituents is 1. The van der Waals surface area contributed by atoms with E-state index >= 15 is 0 Å². The predicted molar refractivity (Wildman–Crippen MR) is 70.3 cm³/mol. The van der Waals surface area contributed by atoms with Gasteiger partial charge in [-0.2, -0.15) is 0 Å². The van der Waals surface area contributed by atoms with Crippen molar-refractivity contribution in [1.82, 2.24) is 4.98 Å². The molecule has 1 aromatic heterocycles. The minimum Gasteiger partial charge on any atom is -0.505 e. The number of carbonyl (C=O) groups is 1. The summed E-state index contributed by atoms with van der Waals surface area (Å²) in [5.74, 6) is -0.595.